The monoisotopic (exact) mass is 421 g/mol. The van der Waals surface area contributed by atoms with E-state index < -0.39 is 9.84 Å². The van der Waals surface area contributed by atoms with Gasteiger partial charge in [-0.2, -0.15) is 0 Å². The summed E-state index contributed by atoms with van der Waals surface area (Å²) in [5.74, 6) is 1.03. The van der Waals surface area contributed by atoms with Crippen LogP contribution in [-0.2, 0) is 22.1 Å². The average molecular weight is 422 g/mol. The van der Waals surface area contributed by atoms with E-state index in [1.807, 2.05) is 5.38 Å². The van der Waals surface area contributed by atoms with E-state index in [4.69, 9.17) is 0 Å². The van der Waals surface area contributed by atoms with Crippen molar-refractivity contribution in [1.29, 1.82) is 0 Å². The number of piperidine rings is 1. The van der Waals surface area contributed by atoms with Crippen LogP contribution in [0.25, 0.3) is 0 Å². The van der Waals surface area contributed by atoms with Crippen molar-refractivity contribution in [2.45, 2.75) is 32.6 Å². The molecule has 152 valence electrons. The standard InChI is InChI=1S/C20H27N3O3S2/c1-14-7-15(2)10-23(9-14)11-18-12-27-20(21-18)22-19(24)17-6-4-5-16(8-17)13-28(3,25)26/h4-6,8,12,14-15H,7,9-11,13H2,1-3H3,(H,21,22,24)/t14-,15+. The zero-order valence-corrected chi connectivity index (χ0v) is 18.1. The molecule has 1 fully saturated rings. The lowest BCUT2D eigenvalue weighted by Gasteiger charge is -2.34. The van der Waals surface area contributed by atoms with Gasteiger partial charge in [0.1, 0.15) is 0 Å². The van der Waals surface area contributed by atoms with Crippen LogP contribution in [0, 0.1) is 11.8 Å². The molecule has 1 aliphatic heterocycles. The highest BCUT2D eigenvalue weighted by atomic mass is 32.2. The fourth-order valence-corrected chi connectivity index (χ4v) is 5.34. The van der Waals surface area contributed by atoms with Crippen LogP contribution in [0.15, 0.2) is 29.6 Å². The van der Waals surface area contributed by atoms with Gasteiger partial charge in [-0.3, -0.25) is 15.0 Å². The normalized spacial score (nSPS) is 20.8. The molecule has 1 aliphatic rings. The molecule has 0 aliphatic carbocycles. The molecule has 2 atom stereocenters. The van der Waals surface area contributed by atoms with Crippen molar-refractivity contribution in [3.8, 4) is 0 Å². The van der Waals surface area contributed by atoms with Crippen LogP contribution in [0.2, 0.25) is 0 Å². The molecule has 28 heavy (non-hydrogen) atoms. The summed E-state index contributed by atoms with van der Waals surface area (Å²) in [6.07, 6.45) is 2.45. The van der Waals surface area contributed by atoms with Crippen molar-refractivity contribution in [3.63, 3.8) is 0 Å². The Morgan fingerprint density at radius 3 is 2.68 bits per heavy atom. The summed E-state index contributed by atoms with van der Waals surface area (Å²) in [5, 5.41) is 5.37. The van der Waals surface area contributed by atoms with E-state index in [1.165, 1.54) is 24.0 Å². The Hall–Kier alpha value is -1.77. The topological polar surface area (TPSA) is 79.4 Å². The van der Waals surface area contributed by atoms with Gasteiger partial charge in [0.15, 0.2) is 15.0 Å². The first-order valence-corrected chi connectivity index (χ1v) is 12.4. The Bertz CT molecular complexity index is 930. The Morgan fingerprint density at radius 2 is 2.00 bits per heavy atom. The highest BCUT2D eigenvalue weighted by molar-refractivity contribution is 7.89. The number of sulfone groups is 1. The second kappa shape index (κ2) is 8.71. The quantitative estimate of drug-likeness (QED) is 0.773. The number of likely N-dealkylation sites (tertiary alicyclic amines) is 1. The SMILES string of the molecule is C[C@@H]1C[C@H](C)CN(Cc2csc(NC(=O)c3cccc(CS(C)(=O)=O)c3)n2)C1. The Kier molecular flexibility index (Phi) is 6.52. The van der Waals surface area contributed by atoms with E-state index in [0.29, 0.717) is 28.1 Å². The summed E-state index contributed by atoms with van der Waals surface area (Å²) < 4.78 is 22.9. The van der Waals surface area contributed by atoms with Gasteiger partial charge in [-0.1, -0.05) is 26.0 Å². The first-order valence-electron chi connectivity index (χ1n) is 9.42. The number of carbonyl (C=O) groups is 1. The number of hydrogen-bond donors (Lipinski definition) is 1. The number of amides is 1. The van der Waals surface area contributed by atoms with Crippen LogP contribution in [0.5, 0.6) is 0 Å². The number of hydrogen-bond acceptors (Lipinski definition) is 6. The minimum absolute atomic E-state index is 0.0812. The van der Waals surface area contributed by atoms with Gasteiger partial charge >= 0.3 is 0 Å². The van der Waals surface area contributed by atoms with Gasteiger partial charge in [-0.15, -0.1) is 11.3 Å². The van der Waals surface area contributed by atoms with Crippen LogP contribution < -0.4 is 5.32 Å². The second-order valence-corrected chi connectivity index (χ2v) is 11.0. The molecule has 1 aromatic carbocycles. The van der Waals surface area contributed by atoms with Crippen molar-refractivity contribution in [3.05, 3.63) is 46.5 Å². The largest absolute Gasteiger partial charge is 0.298 e. The maximum Gasteiger partial charge on any atom is 0.257 e. The maximum absolute atomic E-state index is 12.5. The summed E-state index contributed by atoms with van der Waals surface area (Å²) in [4.78, 5) is 19.5. The van der Waals surface area contributed by atoms with E-state index in [1.54, 1.807) is 24.3 Å². The molecule has 0 unspecified atom stereocenters. The molecule has 0 radical (unpaired) electrons. The Balaban J connectivity index is 1.62. The molecular weight excluding hydrogens is 394 g/mol. The lowest BCUT2D eigenvalue weighted by molar-refractivity contribution is 0.102. The predicted molar refractivity (Wildman–Crippen MR) is 113 cm³/mol. The van der Waals surface area contributed by atoms with E-state index >= 15 is 0 Å². The lowest BCUT2D eigenvalue weighted by Crippen LogP contribution is -2.38. The summed E-state index contributed by atoms with van der Waals surface area (Å²) >= 11 is 1.41. The number of aromatic nitrogens is 1. The molecule has 1 N–H and O–H groups in total. The average Bonchev–Trinajstić information content (AvgIpc) is 2.99. The van der Waals surface area contributed by atoms with Gasteiger partial charge in [-0.05, 0) is 36.0 Å². The van der Waals surface area contributed by atoms with E-state index in [-0.39, 0.29) is 11.7 Å². The minimum Gasteiger partial charge on any atom is -0.298 e. The van der Waals surface area contributed by atoms with Gasteiger partial charge in [0, 0.05) is 36.8 Å². The van der Waals surface area contributed by atoms with Crippen LogP contribution in [0.3, 0.4) is 0 Å². The van der Waals surface area contributed by atoms with Crippen molar-refractivity contribution in [1.82, 2.24) is 9.88 Å². The zero-order valence-electron chi connectivity index (χ0n) is 16.5. The van der Waals surface area contributed by atoms with Gasteiger partial charge in [-0.25, -0.2) is 13.4 Å². The van der Waals surface area contributed by atoms with Gasteiger partial charge in [0.25, 0.3) is 5.91 Å². The highest BCUT2D eigenvalue weighted by Crippen LogP contribution is 2.24. The van der Waals surface area contributed by atoms with Crippen molar-refractivity contribution < 1.29 is 13.2 Å². The summed E-state index contributed by atoms with van der Waals surface area (Å²) in [7, 11) is -3.14. The van der Waals surface area contributed by atoms with E-state index in [0.717, 1.165) is 25.3 Å². The molecule has 2 heterocycles. The molecule has 0 spiro atoms. The minimum atomic E-state index is -3.14. The summed E-state index contributed by atoms with van der Waals surface area (Å²) in [6.45, 7) is 7.53. The van der Waals surface area contributed by atoms with Crippen LogP contribution >= 0.6 is 11.3 Å². The second-order valence-electron chi connectivity index (χ2n) is 8.01. The van der Waals surface area contributed by atoms with E-state index in [9.17, 15) is 13.2 Å². The molecule has 6 nitrogen and oxygen atoms in total. The van der Waals surface area contributed by atoms with E-state index in [2.05, 4.69) is 29.0 Å². The summed E-state index contributed by atoms with van der Waals surface area (Å²) in [6, 6.07) is 6.69. The van der Waals surface area contributed by atoms with Crippen LogP contribution in [-0.4, -0.2) is 43.6 Å². The smallest absolute Gasteiger partial charge is 0.257 e. The number of rotatable bonds is 6. The third-order valence-electron chi connectivity index (χ3n) is 4.72. The van der Waals surface area contributed by atoms with Crippen molar-refractivity contribution in [2.24, 2.45) is 11.8 Å². The molecule has 1 saturated heterocycles. The van der Waals surface area contributed by atoms with Gasteiger partial charge in [0.05, 0.1) is 11.4 Å². The molecule has 1 aromatic heterocycles. The first-order chi connectivity index (χ1) is 13.2. The third kappa shape index (κ3) is 6.12. The lowest BCUT2D eigenvalue weighted by atomic mass is 9.92. The maximum atomic E-state index is 12.5. The molecule has 0 saturated carbocycles. The Labute approximate surface area is 170 Å². The number of benzene rings is 1. The number of nitrogens with zero attached hydrogens (tertiary/aromatic N) is 2. The van der Waals surface area contributed by atoms with Gasteiger partial charge in [0.2, 0.25) is 0 Å². The van der Waals surface area contributed by atoms with Crippen LogP contribution in [0.4, 0.5) is 5.13 Å². The van der Waals surface area contributed by atoms with Crippen molar-refractivity contribution in [2.75, 3.05) is 24.7 Å². The molecule has 3 rings (SSSR count). The number of nitrogens with one attached hydrogen (secondary N) is 1. The van der Waals surface area contributed by atoms with Crippen LogP contribution in [0.1, 0.15) is 41.9 Å². The summed E-state index contributed by atoms with van der Waals surface area (Å²) in [5.41, 5.74) is 1.99. The molecule has 0 bridgehead atoms. The molecule has 8 heteroatoms. The highest BCUT2D eigenvalue weighted by Gasteiger charge is 2.22. The van der Waals surface area contributed by atoms with Crippen molar-refractivity contribution >= 4 is 32.2 Å². The van der Waals surface area contributed by atoms with Gasteiger partial charge < -0.3 is 0 Å². The zero-order chi connectivity index (χ0) is 20.3. The fraction of sp³-hybridized carbons (Fsp3) is 0.500. The number of carbonyl (C=O) groups excluding carboxylic acids is 1. The fourth-order valence-electron chi connectivity index (χ4n) is 3.86. The number of thiazole rings is 1. The predicted octanol–water partition coefficient (Wildman–Crippen LogP) is 3.42. The molecular formula is C20H27N3O3S2. The molecule has 1 amide bonds. The molecule has 2 aromatic rings. The third-order valence-corrected chi connectivity index (χ3v) is 6.38. The Morgan fingerprint density at radius 1 is 1.29 bits per heavy atom. The number of anilines is 1. The first kappa shape index (κ1) is 21.0.